The first-order valence-electron chi connectivity index (χ1n) is 9.40. The molecule has 1 fully saturated rings. The predicted octanol–water partition coefficient (Wildman–Crippen LogP) is 3.78. The maximum Gasteiger partial charge on any atom is 0.326 e. The van der Waals surface area contributed by atoms with E-state index in [1.807, 2.05) is 68.4 Å². The Labute approximate surface area is 165 Å². The molecule has 2 unspecified atom stereocenters. The van der Waals surface area contributed by atoms with Crippen molar-refractivity contribution in [3.63, 3.8) is 0 Å². The fraction of sp³-hybridized carbons (Fsp3) is 0.364. The van der Waals surface area contributed by atoms with Crippen LogP contribution in [0, 0.1) is 5.92 Å². The normalized spacial score (nSPS) is 17.9. The standard InChI is InChI=1S/C22H26N2O4/c1-15(2)20(21(25)26)24-19(17-9-11-18(28-3)12-10-17)14-23(22(24)27)13-16-7-5-4-6-8-16/h4-12,15,19-20H,13-14H2,1-3H3,(H,25,26). The zero-order valence-electron chi connectivity index (χ0n) is 16.4. The van der Waals surface area contributed by atoms with Crippen LogP contribution in [0.5, 0.6) is 5.75 Å². The van der Waals surface area contributed by atoms with Crippen molar-refractivity contribution in [2.75, 3.05) is 13.7 Å². The van der Waals surface area contributed by atoms with Crippen molar-refractivity contribution in [2.45, 2.75) is 32.5 Å². The smallest absolute Gasteiger partial charge is 0.326 e. The van der Waals surface area contributed by atoms with Gasteiger partial charge >= 0.3 is 12.0 Å². The van der Waals surface area contributed by atoms with E-state index in [4.69, 9.17) is 4.74 Å². The van der Waals surface area contributed by atoms with Gasteiger partial charge in [-0.25, -0.2) is 9.59 Å². The van der Waals surface area contributed by atoms with Crippen molar-refractivity contribution >= 4 is 12.0 Å². The molecule has 28 heavy (non-hydrogen) atoms. The summed E-state index contributed by atoms with van der Waals surface area (Å²) in [7, 11) is 1.60. The average molecular weight is 382 g/mol. The van der Waals surface area contributed by atoms with E-state index in [-0.39, 0.29) is 18.0 Å². The van der Waals surface area contributed by atoms with Crippen LogP contribution in [0.1, 0.15) is 31.0 Å². The van der Waals surface area contributed by atoms with Crippen LogP contribution >= 0.6 is 0 Å². The van der Waals surface area contributed by atoms with E-state index in [1.165, 1.54) is 4.90 Å². The van der Waals surface area contributed by atoms with Crippen LogP contribution < -0.4 is 4.74 Å². The van der Waals surface area contributed by atoms with Gasteiger partial charge in [0.1, 0.15) is 11.8 Å². The summed E-state index contributed by atoms with van der Waals surface area (Å²) in [6.07, 6.45) is 0. The molecular weight excluding hydrogens is 356 g/mol. The number of aliphatic carboxylic acids is 1. The molecule has 0 aliphatic carbocycles. The first-order valence-corrected chi connectivity index (χ1v) is 9.40. The number of carbonyl (C=O) groups excluding carboxylic acids is 1. The number of amides is 2. The summed E-state index contributed by atoms with van der Waals surface area (Å²) in [4.78, 5) is 28.5. The van der Waals surface area contributed by atoms with E-state index in [2.05, 4.69) is 0 Å². The molecule has 3 rings (SSSR count). The van der Waals surface area contributed by atoms with E-state index in [0.29, 0.717) is 13.1 Å². The zero-order valence-corrected chi connectivity index (χ0v) is 16.4. The highest BCUT2D eigenvalue weighted by Crippen LogP contribution is 2.35. The lowest BCUT2D eigenvalue weighted by Gasteiger charge is -2.32. The van der Waals surface area contributed by atoms with E-state index in [1.54, 1.807) is 12.0 Å². The summed E-state index contributed by atoms with van der Waals surface area (Å²) in [6.45, 7) is 4.55. The minimum Gasteiger partial charge on any atom is -0.497 e. The molecule has 1 aliphatic rings. The number of benzene rings is 2. The minimum atomic E-state index is -0.983. The number of hydrogen-bond donors (Lipinski definition) is 1. The molecule has 2 amide bonds. The summed E-state index contributed by atoms with van der Waals surface area (Å²) in [5.74, 6) is -0.471. The topological polar surface area (TPSA) is 70.1 Å². The third-order valence-electron chi connectivity index (χ3n) is 5.12. The third kappa shape index (κ3) is 3.96. The predicted molar refractivity (Wildman–Crippen MR) is 106 cm³/mol. The first-order chi connectivity index (χ1) is 13.4. The Kier molecular flexibility index (Phi) is 5.87. The number of nitrogens with zero attached hydrogens (tertiary/aromatic N) is 2. The van der Waals surface area contributed by atoms with E-state index >= 15 is 0 Å². The molecule has 2 atom stereocenters. The molecule has 2 aromatic rings. The SMILES string of the molecule is COc1ccc(C2CN(Cc3ccccc3)C(=O)N2C(C(=O)O)C(C)C)cc1. The highest BCUT2D eigenvalue weighted by Gasteiger charge is 2.45. The molecule has 1 aliphatic heterocycles. The summed E-state index contributed by atoms with van der Waals surface area (Å²) in [5, 5.41) is 9.81. The Balaban J connectivity index is 1.95. The van der Waals surface area contributed by atoms with Crippen molar-refractivity contribution < 1.29 is 19.4 Å². The Morgan fingerprint density at radius 1 is 1.14 bits per heavy atom. The number of carboxylic acid groups (broad SMARTS) is 1. The van der Waals surface area contributed by atoms with Crippen LogP contribution in [0.3, 0.4) is 0 Å². The van der Waals surface area contributed by atoms with Gasteiger partial charge in [0.15, 0.2) is 0 Å². The highest BCUT2D eigenvalue weighted by atomic mass is 16.5. The van der Waals surface area contributed by atoms with Gasteiger partial charge in [-0.05, 0) is 29.2 Å². The summed E-state index contributed by atoms with van der Waals surface area (Å²) in [6, 6.07) is 15.7. The fourth-order valence-electron chi connectivity index (χ4n) is 3.74. The largest absolute Gasteiger partial charge is 0.497 e. The summed E-state index contributed by atoms with van der Waals surface area (Å²) < 4.78 is 5.22. The van der Waals surface area contributed by atoms with E-state index < -0.39 is 12.0 Å². The van der Waals surface area contributed by atoms with Gasteiger partial charge < -0.3 is 19.6 Å². The maximum absolute atomic E-state index is 13.2. The Bertz CT molecular complexity index is 820. The van der Waals surface area contributed by atoms with E-state index in [9.17, 15) is 14.7 Å². The van der Waals surface area contributed by atoms with Gasteiger partial charge in [-0.15, -0.1) is 0 Å². The van der Waals surface area contributed by atoms with Crippen molar-refractivity contribution in [3.05, 3.63) is 65.7 Å². The monoisotopic (exact) mass is 382 g/mol. The molecule has 0 radical (unpaired) electrons. The van der Waals surface area contributed by atoms with Gasteiger partial charge in [0, 0.05) is 13.1 Å². The number of ether oxygens (including phenoxy) is 1. The van der Waals surface area contributed by atoms with Gasteiger partial charge in [-0.1, -0.05) is 56.3 Å². The van der Waals surface area contributed by atoms with E-state index in [0.717, 1.165) is 16.9 Å². The maximum atomic E-state index is 13.2. The Morgan fingerprint density at radius 3 is 2.32 bits per heavy atom. The molecule has 0 spiro atoms. The van der Waals surface area contributed by atoms with Gasteiger partial charge in [0.25, 0.3) is 0 Å². The number of hydrogen-bond acceptors (Lipinski definition) is 3. The second kappa shape index (κ2) is 8.33. The van der Waals surface area contributed by atoms with Crippen LogP contribution in [-0.4, -0.2) is 46.6 Å². The lowest BCUT2D eigenvalue weighted by Crippen LogP contribution is -2.47. The van der Waals surface area contributed by atoms with Crippen LogP contribution in [0.2, 0.25) is 0 Å². The molecule has 0 bridgehead atoms. The van der Waals surface area contributed by atoms with Crippen molar-refractivity contribution in [2.24, 2.45) is 5.92 Å². The minimum absolute atomic E-state index is 0.209. The van der Waals surface area contributed by atoms with Gasteiger partial charge in [-0.2, -0.15) is 0 Å². The number of urea groups is 1. The molecule has 6 heteroatoms. The summed E-state index contributed by atoms with van der Waals surface area (Å²) in [5.41, 5.74) is 1.92. The lowest BCUT2D eigenvalue weighted by atomic mass is 9.98. The first kappa shape index (κ1) is 19.7. The molecule has 0 aromatic heterocycles. The Hall–Kier alpha value is -3.02. The average Bonchev–Trinajstić information content (AvgIpc) is 2.99. The van der Waals surface area contributed by atoms with Crippen molar-refractivity contribution in [1.29, 1.82) is 0 Å². The van der Waals surface area contributed by atoms with Crippen LogP contribution in [-0.2, 0) is 11.3 Å². The molecule has 1 N–H and O–H groups in total. The van der Waals surface area contributed by atoms with Crippen LogP contribution in [0.4, 0.5) is 4.79 Å². The van der Waals surface area contributed by atoms with Crippen molar-refractivity contribution in [1.82, 2.24) is 9.80 Å². The molecule has 1 saturated heterocycles. The molecule has 6 nitrogen and oxygen atoms in total. The van der Waals surface area contributed by atoms with Crippen LogP contribution in [0.25, 0.3) is 0 Å². The number of methoxy groups -OCH3 is 1. The molecule has 1 heterocycles. The quantitative estimate of drug-likeness (QED) is 0.791. The van der Waals surface area contributed by atoms with Crippen molar-refractivity contribution in [3.8, 4) is 5.75 Å². The second-order valence-corrected chi connectivity index (χ2v) is 7.37. The van der Waals surface area contributed by atoms with Gasteiger partial charge in [-0.3, -0.25) is 0 Å². The fourth-order valence-corrected chi connectivity index (χ4v) is 3.74. The highest BCUT2D eigenvalue weighted by molar-refractivity contribution is 5.85. The third-order valence-corrected chi connectivity index (χ3v) is 5.12. The zero-order chi connectivity index (χ0) is 20.3. The molecule has 0 saturated carbocycles. The molecule has 148 valence electrons. The Morgan fingerprint density at radius 2 is 1.79 bits per heavy atom. The molecular formula is C22H26N2O4. The number of carboxylic acids is 1. The molecule has 2 aromatic carbocycles. The van der Waals surface area contributed by atoms with Gasteiger partial charge in [0.2, 0.25) is 0 Å². The van der Waals surface area contributed by atoms with Crippen LogP contribution in [0.15, 0.2) is 54.6 Å². The summed E-state index contributed by atoms with van der Waals surface area (Å²) >= 11 is 0. The lowest BCUT2D eigenvalue weighted by molar-refractivity contribution is -0.144. The number of carbonyl (C=O) groups is 2. The van der Waals surface area contributed by atoms with Gasteiger partial charge in [0.05, 0.1) is 13.2 Å². The number of rotatable bonds is 7. The second-order valence-electron chi connectivity index (χ2n) is 7.37.